The van der Waals surface area contributed by atoms with Crippen molar-refractivity contribution < 1.29 is 40.7 Å². The Hall–Kier alpha value is -4.39. The van der Waals surface area contributed by atoms with Crippen LogP contribution in [0.5, 0.6) is 0 Å². The number of alkyl halides is 6. The van der Waals surface area contributed by atoms with Crippen LogP contribution in [0.4, 0.5) is 26.3 Å². The van der Waals surface area contributed by atoms with Gasteiger partial charge in [-0.05, 0) is 60.7 Å². The normalized spacial score (nSPS) is 20.2. The van der Waals surface area contributed by atoms with Crippen LogP contribution < -0.4 is 11.1 Å². The Morgan fingerprint density at radius 3 is 2.02 bits per heavy atom. The minimum Gasteiger partial charge on any atom is -0.368 e. The largest absolute Gasteiger partial charge is 0.416 e. The van der Waals surface area contributed by atoms with Gasteiger partial charge < -0.3 is 16.0 Å². The second kappa shape index (κ2) is 12.8. The molecule has 46 heavy (non-hydrogen) atoms. The highest BCUT2D eigenvalue weighted by atomic mass is 19.4. The maximum atomic E-state index is 14.2. The molecule has 0 saturated carbocycles. The average molecular weight is 647 g/mol. The second-order valence-corrected chi connectivity index (χ2v) is 11.7. The van der Waals surface area contributed by atoms with E-state index in [9.17, 15) is 40.7 Å². The zero-order valence-electron chi connectivity index (χ0n) is 24.7. The van der Waals surface area contributed by atoms with Crippen molar-refractivity contribution >= 4 is 17.7 Å². The summed E-state index contributed by atoms with van der Waals surface area (Å²) in [6.07, 6.45) is -9.28. The maximum absolute atomic E-state index is 14.2. The zero-order valence-corrected chi connectivity index (χ0v) is 24.7. The Kier molecular flexibility index (Phi) is 9.16. The summed E-state index contributed by atoms with van der Waals surface area (Å²) in [5.74, 6) is -4.05. The number of primary amides is 1. The SMILES string of the molecule is CC(C(N)=O)N1C(=O)c2ccccc2C(C(=O)NC2CCN(Cc3ccccc3)CC2)C1c1cc(C(F)(F)F)cc(C(F)(F)F)c1. The lowest BCUT2D eigenvalue weighted by atomic mass is 9.77. The summed E-state index contributed by atoms with van der Waals surface area (Å²) in [5.41, 5.74) is 2.94. The van der Waals surface area contributed by atoms with E-state index >= 15 is 0 Å². The third-order valence-corrected chi connectivity index (χ3v) is 8.62. The van der Waals surface area contributed by atoms with Crippen LogP contribution >= 0.6 is 0 Å². The molecule has 7 nitrogen and oxygen atoms in total. The van der Waals surface area contributed by atoms with Crippen LogP contribution in [0.2, 0.25) is 0 Å². The Morgan fingerprint density at radius 1 is 0.891 bits per heavy atom. The van der Waals surface area contributed by atoms with E-state index in [1.807, 2.05) is 30.3 Å². The van der Waals surface area contributed by atoms with Crippen LogP contribution in [-0.2, 0) is 28.5 Å². The van der Waals surface area contributed by atoms with E-state index in [4.69, 9.17) is 5.73 Å². The lowest BCUT2D eigenvalue weighted by Crippen LogP contribution is -2.55. The fourth-order valence-corrected chi connectivity index (χ4v) is 6.27. The lowest BCUT2D eigenvalue weighted by Gasteiger charge is -2.44. The lowest BCUT2D eigenvalue weighted by molar-refractivity contribution is -0.143. The van der Waals surface area contributed by atoms with Crippen LogP contribution in [0.1, 0.15) is 69.9 Å². The number of nitrogens with two attached hydrogens (primary N) is 1. The molecule has 3 atom stereocenters. The molecule has 3 aromatic carbocycles. The zero-order chi connectivity index (χ0) is 33.4. The molecule has 3 amide bonds. The van der Waals surface area contributed by atoms with Gasteiger partial charge in [-0.3, -0.25) is 19.3 Å². The summed E-state index contributed by atoms with van der Waals surface area (Å²) >= 11 is 0. The van der Waals surface area contributed by atoms with Gasteiger partial charge in [0, 0.05) is 31.2 Å². The number of benzene rings is 3. The molecular formula is C33H32F6N4O3. The first-order chi connectivity index (χ1) is 21.6. The number of piperidine rings is 1. The first kappa shape index (κ1) is 33.0. The van der Waals surface area contributed by atoms with Crippen molar-refractivity contribution in [2.75, 3.05) is 13.1 Å². The molecule has 0 radical (unpaired) electrons. The van der Waals surface area contributed by atoms with Crippen molar-refractivity contribution in [3.63, 3.8) is 0 Å². The molecule has 1 fully saturated rings. The Labute approximate surface area is 261 Å². The predicted molar refractivity (Wildman–Crippen MR) is 156 cm³/mol. The van der Waals surface area contributed by atoms with Gasteiger partial charge in [0.25, 0.3) is 5.91 Å². The van der Waals surface area contributed by atoms with E-state index in [1.165, 1.54) is 31.2 Å². The van der Waals surface area contributed by atoms with Gasteiger partial charge in [-0.25, -0.2) is 0 Å². The first-order valence-corrected chi connectivity index (χ1v) is 14.7. The minimum atomic E-state index is -5.18. The number of halogens is 6. The Bertz CT molecular complexity index is 1570. The number of rotatable bonds is 7. The quantitative estimate of drug-likeness (QED) is 0.324. The third-order valence-electron chi connectivity index (χ3n) is 8.62. The summed E-state index contributed by atoms with van der Waals surface area (Å²) < 4.78 is 83.6. The molecule has 2 aliphatic heterocycles. The standard InChI is InChI=1S/C33H32F6N4O3/c1-19(29(40)44)43-28(21-15-22(32(34,35)36)17-23(16-21)33(37,38)39)27(25-9-5-6-10-26(25)31(43)46)30(45)41-24-11-13-42(14-12-24)18-20-7-3-2-4-8-20/h2-10,15-17,19,24,27-28H,11-14,18H2,1H3,(H2,40,44)(H,41,45). The molecule has 0 aliphatic carbocycles. The number of likely N-dealkylation sites (tertiary alicyclic amines) is 1. The Balaban J connectivity index is 1.55. The third kappa shape index (κ3) is 6.88. The van der Waals surface area contributed by atoms with Crippen LogP contribution in [0, 0.1) is 0 Å². The van der Waals surface area contributed by atoms with Crippen molar-refractivity contribution in [3.05, 3.63) is 106 Å². The summed E-state index contributed by atoms with van der Waals surface area (Å²) in [6.45, 7) is 3.20. The van der Waals surface area contributed by atoms with Gasteiger partial charge in [-0.1, -0.05) is 48.5 Å². The maximum Gasteiger partial charge on any atom is 0.416 e. The van der Waals surface area contributed by atoms with Crippen molar-refractivity contribution in [2.24, 2.45) is 5.73 Å². The first-order valence-electron chi connectivity index (χ1n) is 14.7. The Morgan fingerprint density at radius 2 is 1.46 bits per heavy atom. The van der Waals surface area contributed by atoms with E-state index in [2.05, 4.69) is 10.2 Å². The number of fused-ring (bicyclic) bond motifs is 1. The highest BCUT2D eigenvalue weighted by Gasteiger charge is 2.48. The van der Waals surface area contributed by atoms with Crippen LogP contribution in [0.15, 0.2) is 72.8 Å². The van der Waals surface area contributed by atoms with Gasteiger partial charge in [0.1, 0.15) is 6.04 Å². The van der Waals surface area contributed by atoms with Crippen LogP contribution in [-0.4, -0.2) is 52.7 Å². The number of carbonyl (C=O) groups is 3. The van der Waals surface area contributed by atoms with Gasteiger partial charge >= 0.3 is 12.4 Å². The highest BCUT2D eigenvalue weighted by molar-refractivity contribution is 6.03. The molecule has 0 spiro atoms. The topological polar surface area (TPSA) is 95.7 Å². The second-order valence-electron chi connectivity index (χ2n) is 11.7. The van der Waals surface area contributed by atoms with E-state index in [0.717, 1.165) is 10.5 Å². The molecule has 0 bridgehead atoms. The molecule has 2 heterocycles. The smallest absolute Gasteiger partial charge is 0.368 e. The van der Waals surface area contributed by atoms with Crippen molar-refractivity contribution in [2.45, 2.75) is 62.7 Å². The number of amides is 3. The van der Waals surface area contributed by atoms with E-state index in [0.29, 0.717) is 44.6 Å². The van der Waals surface area contributed by atoms with E-state index in [1.54, 1.807) is 0 Å². The fourth-order valence-electron chi connectivity index (χ4n) is 6.27. The highest BCUT2D eigenvalue weighted by Crippen LogP contribution is 2.47. The van der Waals surface area contributed by atoms with Crippen LogP contribution in [0.25, 0.3) is 0 Å². The van der Waals surface area contributed by atoms with Crippen molar-refractivity contribution in [3.8, 4) is 0 Å². The summed E-state index contributed by atoms with van der Waals surface area (Å²) in [4.78, 5) is 43.4. The molecule has 3 unspecified atom stereocenters. The number of carbonyl (C=O) groups excluding carboxylic acids is 3. The van der Waals surface area contributed by atoms with Gasteiger partial charge in [0.15, 0.2) is 0 Å². The number of hydrogen-bond donors (Lipinski definition) is 2. The molecular weight excluding hydrogens is 614 g/mol. The van der Waals surface area contributed by atoms with Crippen molar-refractivity contribution in [1.82, 2.24) is 15.1 Å². The van der Waals surface area contributed by atoms with Gasteiger partial charge in [-0.15, -0.1) is 0 Å². The van der Waals surface area contributed by atoms with Gasteiger partial charge in [0.2, 0.25) is 11.8 Å². The molecule has 3 N–H and O–H groups in total. The molecule has 3 aromatic rings. The van der Waals surface area contributed by atoms with Crippen LogP contribution in [0.3, 0.4) is 0 Å². The summed E-state index contributed by atoms with van der Waals surface area (Å²) in [6, 6.07) is 13.1. The minimum absolute atomic E-state index is 0.00676. The molecule has 2 aliphatic rings. The predicted octanol–water partition coefficient (Wildman–Crippen LogP) is 5.66. The molecule has 0 aromatic heterocycles. The van der Waals surface area contributed by atoms with E-state index in [-0.39, 0.29) is 23.2 Å². The summed E-state index contributed by atoms with van der Waals surface area (Å²) in [5, 5.41) is 2.94. The van der Waals surface area contributed by atoms with Crippen molar-refractivity contribution in [1.29, 1.82) is 0 Å². The summed E-state index contributed by atoms with van der Waals surface area (Å²) in [7, 11) is 0. The molecule has 5 rings (SSSR count). The van der Waals surface area contributed by atoms with Gasteiger partial charge in [-0.2, -0.15) is 26.3 Å². The van der Waals surface area contributed by atoms with Gasteiger partial charge in [0.05, 0.1) is 23.1 Å². The molecule has 1 saturated heterocycles. The number of nitrogens with one attached hydrogen (secondary N) is 1. The average Bonchev–Trinajstić information content (AvgIpc) is 3.01. The molecule has 244 valence electrons. The molecule has 13 heteroatoms. The number of nitrogens with zero attached hydrogens (tertiary/aromatic N) is 2. The van der Waals surface area contributed by atoms with E-state index < -0.39 is 64.8 Å². The fraction of sp³-hybridized carbons (Fsp3) is 0.364. The number of hydrogen-bond acceptors (Lipinski definition) is 4. The monoisotopic (exact) mass is 646 g/mol.